The Hall–Kier alpha value is -1.22. The molecule has 2 amide bonds. The van der Waals surface area contributed by atoms with Crippen LogP contribution in [0.15, 0.2) is 24.3 Å². The Kier molecular flexibility index (Phi) is 5.78. The molecular formula is C16H17N2NaO5S. The minimum atomic E-state index is -1.04. The summed E-state index contributed by atoms with van der Waals surface area (Å²) in [4.78, 5) is 37.2. The average molecular weight is 372 g/mol. The first-order valence-electron chi connectivity index (χ1n) is 7.49. The summed E-state index contributed by atoms with van der Waals surface area (Å²) in [5.74, 6) is -1.86. The van der Waals surface area contributed by atoms with Crippen LogP contribution < -0.4 is 40.0 Å². The molecule has 0 aromatic heterocycles. The van der Waals surface area contributed by atoms with E-state index >= 15 is 0 Å². The Morgan fingerprint density at radius 2 is 1.92 bits per heavy atom. The first-order chi connectivity index (χ1) is 11.2. The number of thioether (sulfide) groups is 1. The summed E-state index contributed by atoms with van der Waals surface area (Å²) >= 11 is 1.38. The zero-order chi connectivity index (χ0) is 17.6. The Labute approximate surface area is 171 Å². The van der Waals surface area contributed by atoms with Crippen molar-refractivity contribution in [3.05, 3.63) is 29.8 Å². The Balaban J connectivity index is 0.00000225. The molecule has 0 bridgehead atoms. The van der Waals surface area contributed by atoms with E-state index in [9.17, 15) is 24.6 Å². The van der Waals surface area contributed by atoms with Gasteiger partial charge in [-0.25, -0.2) is 4.79 Å². The molecule has 2 saturated heterocycles. The van der Waals surface area contributed by atoms with E-state index in [1.165, 1.54) is 28.8 Å². The molecule has 128 valence electrons. The van der Waals surface area contributed by atoms with Crippen molar-refractivity contribution in [3.63, 3.8) is 0 Å². The molecule has 0 spiro atoms. The van der Waals surface area contributed by atoms with E-state index in [-0.39, 0.29) is 58.9 Å². The molecule has 25 heavy (non-hydrogen) atoms. The minimum absolute atomic E-state index is 0. The van der Waals surface area contributed by atoms with Gasteiger partial charge in [0.1, 0.15) is 17.5 Å². The summed E-state index contributed by atoms with van der Waals surface area (Å²) in [6, 6.07) is 4.31. The van der Waals surface area contributed by atoms with Crippen molar-refractivity contribution >= 4 is 29.5 Å². The van der Waals surface area contributed by atoms with Gasteiger partial charge in [-0.1, -0.05) is 24.3 Å². The summed E-state index contributed by atoms with van der Waals surface area (Å²) in [5.41, 5.74) is 0.679. The molecule has 2 aliphatic heterocycles. The van der Waals surface area contributed by atoms with Crippen molar-refractivity contribution in [1.29, 1.82) is 0 Å². The topological polar surface area (TPSA) is 110 Å². The molecule has 7 nitrogen and oxygen atoms in total. The third kappa shape index (κ3) is 3.67. The number of hydrogen-bond acceptors (Lipinski definition) is 5. The van der Waals surface area contributed by atoms with Gasteiger partial charge in [0.25, 0.3) is 0 Å². The number of nitrogens with one attached hydrogen (secondary N) is 1. The van der Waals surface area contributed by atoms with E-state index in [2.05, 4.69) is 5.32 Å². The maximum Gasteiger partial charge on any atom is 1.00 e. The smallest absolute Gasteiger partial charge is 0.872 e. The Morgan fingerprint density at radius 1 is 1.32 bits per heavy atom. The van der Waals surface area contributed by atoms with E-state index in [4.69, 9.17) is 0 Å². The van der Waals surface area contributed by atoms with Gasteiger partial charge < -0.3 is 20.4 Å². The largest absolute Gasteiger partial charge is 1.00 e. The molecule has 2 fully saturated rings. The first-order valence-corrected chi connectivity index (χ1v) is 8.37. The van der Waals surface area contributed by atoms with Crippen LogP contribution in [0.25, 0.3) is 0 Å². The van der Waals surface area contributed by atoms with Crippen LogP contribution in [0.4, 0.5) is 0 Å². The molecule has 0 saturated carbocycles. The molecule has 1 aromatic rings. The predicted octanol–water partition coefficient (Wildman–Crippen LogP) is -3.06. The molecule has 0 aliphatic carbocycles. The van der Waals surface area contributed by atoms with Gasteiger partial charge in [0.15, 0.2) is 0 Å². The van der Waals surface area contributed by atoms with Gasteiger partial charge in [0.2, 0.25) is 11.8 Å². The van der Waals surface area contributed by atoms with E-state index in [0.29, 0.717) is 5.56 Å². The van der Waals surface area contributed by atoms with Gasteiger partial charge in [0, 0.05) is 4.75 Å². The zero-order valence-electron chi connectivity index (χ0n) is 14.2. The quantitative estimate of drug-likeness (QED) is 0.429. The monoisotopic (exact) mass is 372 g/mol. The Morgan fingerprint density at radius 3 is 2.48 bits per heavy atom. The number of benzene rings is 1. The molecule has 1 aromatic carbocycles. The van der Waals surface area contributed by atoms with Gasteiger partial charge >= 0.3 is 35.5 Å². The number of nitrogens with zero attached hydrogens (tertiary/aromatic N) is 1. The zero-order valence-corrected chi connectivity index (χ0v) is 17.0. The Bertz CT molecular complexity index is 709. The van der Waals surface area contributed by atoms with Crippen molar-refractivity contribution < 1.29 is 54.2 Å². The van der Waals surface area contributed by atoms with Crippen LogP contribution in [0.5, 0.6) is 5.75 Å². The van der Waals surface area contributed by atoms with Crippen LogP contribution in [0.1, 0.15) is 19.4 Å². The SMILES string of the molecule is CC1(C)SC2C(NC(=O)Cc3ccc([O-])cc3)C(=O)N2C1C(=O)O.[Na+]. The van der Waals surface area contributed by atoms with Crippen LogP contribution >= 0.6 is 11.8 Å². The van der Waals surface area contributed by atoms with Crippen molar-refractivity contribution in [2.45, 2.75) is 42.5 Å². The molecule has 3 atom stereocenters. The van der Waals surface area contributed by atoms with Gasteiger partial charge in [-0.15, -0.1) is 17.5 Å². The molecule has 9 heteroatoms. The van der Waals surface area contributed by atoms with Crippen LogP contribution in [-0.4, -0.2) is 50.0 Å². The fraction of sp³-hybridized carbons (Fsp3) is 0.438. The second kappa shape index (κ2) is 7.19. The van der Waals surface area contributed by atoms with Crippen molar-refractivity contribution in [3.8, 4) is 5.75 Å². The summed E-state index contributed by atoms with van der Waals surface area (Å²) in [6.45, 7) is 3.57. The van der Waals surface area contributed by atoms with Crippen LogP contribution in [0, 0.1) is 0 Å². The van der Waals surface area contributed by atoms with Crippen molar-refractivity contribution in [1.82, 2.24) is 10.2 Å². The van der Waals surface area contributed by atoms with Crippen molar-refractivity contribution in [2.75, 3.05) is 0 Å². The van der Waals surface area contributed by atoms with Crippen LogP contribution in [0.3, 0.4) is 0 Å². The van der Waals surface area contributed by atoms with Gasteiger partial charge in [-0.2, -0.15) is 0 Å². The molecule has 3 unspecified atom stereocenters. The number of aliphatic carboxylic acids is 1. The van der Waals surface area contributed by atoms with Gasteiger partial charge in [-0.3, -0.25) is 9.59 Å². The minimum Gasteiger partial charge on any atom is -0.872 e. The summed E-state index contributed by atoms with van der Waals surface area (Å²) in [7, 11) is 0. The third-order valence-electron chi connectivity index (χ3n) is 4.28. The second-order valence-corrected chi connectivity index (χ2v) is 8.23. The number of carboxylic acid groups (broad SMARTS) is 1. The van der Waals surface area contributed by atoms with Crippen molar-refractivity contribution in [2.24, 2.45) is 0 Å². The van der Waals surface area contributed by atoms with E-state index in [0.717, 1.165) is 0 Å². The molecule has 2 aliphatic rings. The molecule has 2 heterocycles. The normalized spacial score (nSPS) is 26.2. The second-order valence-electron chi connectivity index (χ2n) is 6.46. The maximum atomic E-state index is 12.3. The number of carboxylic acids is 1. The number of amides is 2. The third-order valence-corrected chi connectivity index (χ3v) is 5.85. The van der Waals surface area contributed by atoms with E-state index in [1.807, 2.05) is 0 Å². The maximum absolute atomic E-state index is 12.3. The molecule has 3 rings (SSSR count). The number of β-lactam (4-membered cyclic amide) rings is 1. The predicted molar refractivity (Wildman–Crippen MR) is 85.3 cm³/mol. The molecular weight excluding hydrogens is 355 g/mol. The van der Waals surface area contributed by atoms with Gasteiger partial charge in [-0.05, 0) is 19.4 Å². The number of rotatable bonds is 4. The van der Waals surface area contributed by atoms with E-state index in [1.54, 1.807) is 26.0 Å². The first kappa shape index (κ1) is 20.1. The van der Waals surface area contributed by atoms with E-state index < -0.39 is 22.8 Å². The van der Waals surface area contributed by atoms with Gasteiger partial charge in [0.05, 0.1) is 6.42 Å². The number of hydrogen-bond donors (Lipinski definition) is 2. The van der Waals surface area contributed by atoms with Crippen LogP contribution in [0.2, 0.25) is 0 Å². The summed E-state index contributed by atoms with van der Waals surface area (Å²) in [6.07, 6.45) is 0.0627. The number of fused-ring (bicyclic) bond motifs is 1. The summed E-state index contributed by atoms with van der Waals surface area (Å²) < 4.78 is -0.615. The number of carbonyl (C=O) groups excluding carboxylic acids is 2. The van der Waals surface area contributed by atoms with Crippen LogP contribution in [-0.2, 0) is 20.8 Å². The molecule has 0 radical (unpaired) electrons. The average Bonchev–Trinajstić information content (AvgIpc) is 2.76. The fourth-order valence-corrected chi connectivity index (χ4v) is 4.79. The molecule has 2 N–H and O–H groups in total. The fourth-order valence-electron chi connectivity index (χ4n) is 3.16. The summed E-state index contributed by atoms with van der Waals surface area (Å²) in [5, 5.41) is 22.7. The standard InChI is InChI=1S/C16H18N2O5S.Na/c1-16(2)12(15(22)23)18-13(21)11(14(18)24-16)17-10(20)7-8-3-5-9(19)6-4-8;/h3-6,11-12,14,19H,7H2,1-2H3,(H,17,20)(H,22,23);/q;+1/p-1. The number of carbonyl (C=O) groups is 3.